The summed E-state index contributed by atoms with van der Waals surface area (Å²) in [6.45, 7) is 3.40. The maximum Gasteiger partial charge on any atom is 0.241 e. The van der Waals surface area contributed by atoms with E-state index in [0.717, 1.165) is 5.56 Å². The van der Waals surface area contributed by atoms with Crippen LogP contribution in [0.5, 0.6) is 0 Å². The molecule has 0 saturated heterocycles. The monoisotopic (exact) mass is 305 g/mol. The second kappa shape index (κ2) is 6.08. The molecule has 110 valence electrons. The summed E-state index contributed by atoms with van der Waals surface area (Å²) in [6.07, 6.45) is 1.79. The van der Waals surface area contributed by atoms with E-state index in [1.54, 1.807) is 26.0 Å². The number of benzene rings is 1. The van der Waals surface area contributed by atoms with E-state index in [0.29, 0.717) is 11.7 Å². The lowest BCUT2D eigenvalue weighted by molar-refractivity contribution is 0.428. The largest absolute Gasteiger partial charge is 0.444 e. The van der Waals surface area contributed by atoms with Crippen molar-refractivity contribution in [3.63, 3.8) is 0 Å². The molecule has 1 N–H and O–H groups in total. The normalized spacial score (nSPS) is 12.8. The fourth-order valence-corrected chi connectivity index (χ4v) is 3.00. The molecule has 2 aromatic rings. The summed E-state index contributed by atoms with van der Waals surface area (Å²) in [6, 6.07) is 7.64. The zero-order valence-electron chi connectivity index (χ0n) is 11.7. The molecular formula is C14H15N3O3S. The van der Waals surface area contributed by atoms with Gasteiger partial charge in [-0.05, 0) is 31.5 Å². The molecule has 1 unspecified atom stereocenters. The Morgan fingerprint density at radius 3 is 2.57 bits per heavy atom. The van der Waals surface area contributed by atoms with E-state index in [1.165, 1.54) is 18.3 Å². The van der Waals surface area contributed by atoms with Gasteiger partial charge >= 0.3 is 0 Å². The number of aromatic nitrogens is 1. The second-order valence-electron chi connectivity index (χ2n) is 4.63. The van der Waals surface area contributed by atoms with Gasteiger partial charge in [0.05, 0.1) is 29.6 Å². The Morgan fingerprint density at radius 2 is 2.05 bits per heavy atom. The predicted molar refractivity (Wildman–Crippen MR) is 75.7 cm³/mol. The Kier molecular flexibility index (Phi) is 4.40. The number of hydrogen-bond acceptors (Lipinski definition) is 5. The van der Waals surface area contributed by atoms with Crippen LogP contribution in [-0.2, 0) is 16.4 Å². The lowest BCUT2D eigenvalue weighted by Gasteiger charge is -2.11. The lowest BCUT2D eigenvalue weighted by atomic mass is 10.2. The van der Waals surface area contributed by atoms with Gasteiger partial charge in [-0.25, -0.2) is 13.4 Å². The van der Waals surface area contributed by atoms with E-state index >= 15 is 0 Å². The molecule has 21 heavy (non-hydrogen) atoms. The van der Waals surface area contributed by atoms with Crippen LogP contribution in [0.4, 0.5) is 0 Å². The van der Waals surface area contributed by atoms with Crippen molar-refractivity contribution in [1.29, 1.82) is 5.26 Å². The average molecular weight is 305 g/mol. The van der Waals surface area contributed by atoms with Gasteiger partial charge in [-0.1, -0.05) is 12.1 Å². The van der Waals surface area contributed by atoms with Gasteiger partial charge in [0, 0.05) is 0 Å². The molecule has 1 atom stereocenters. The molecule has 0 aliphatic carbocycles. The van der Waals surface area contributed by atoms with Gasteiger partial charge in [-0.2, -0.15) is 9.98 Å². The standard InChI is InChI=1S/C14H15N3O3S/c1-10-9-16-14(20-10)11(2)17-21(18,19)13-5-3-12(4-6-13)7-8-15/h3-6,9,11,17H,7H2,1-2H3. The predicted octanol–water partition coefficient (Wildman–Crippen LogP) is 2.09. The van der Waals surface area contributed by atoms with Crippen molar-refractivity contribution in [3.8, 4) is 6.07 Å². The quantitative estimate of drug-likeness (QED) is 0.912. The molecule has 1 aromatic carbocycles. The van der Waals surface area contributed by atoms with Crippen LogP contribution in [-0.4, -0.2) is 13.4 Å². The molecule has 2 rings (SSSR count). The SMILES string of the molecule is Cc1cnc(C(C)NS(=O)(=O)c2ccc(CC#N)cc2)o1. The molecule has 0 saturated carbocycles. The molecule has 1 aromatic heterocycles. The molecule has 0 spiro atoms. The van der Waals surface area contributed by atoms with Crippen LogP contribution in [0, 0.1) is 18.3 Å². The first-order chi connectivity index (χ1) is 9.92. The third-order valence-electron chi connectivity index (χ3n) is 2.86. The summed E-state index contributed by atoms with van der Waals surface area (Å²) < 4.78 is 32.3. The van der Waals surface area contributed by atoms with Crippen molar-refractivity contribution in [1.82, 2.24) is 9.71 Å². The first kappa shape index (κ1) is 15.2. The minimum absolute atomic E-state index is 0.138. The zero-order chi connectivity index (χ0) is 15.5. The Hall–Kier alpha value is -2.17. The number of rotatable bonds is 5. The van der Waals surface area contributed by atoms with Crippen LogP contribution in [0.3, 0.4) is 0 Å². The van der Waals surface area contributed by atoms with E-state index in [-0.39, 0.29) is 11.3 Å². The summed E-state index contributed by atoms with van der Waals surface area (Å²) in [5.41, 5.74) is 0.771. The highest BCUT2D eigenvalue weighted by Crippen LogP contribution is 2.17. The Bertz CT molecular complexity index is 758. The fraction of sp³-hybridized carbons (Fsp3) is 0.286. The number of nitrogens with zero attached hydrogens (tertiary/aromatic N) is 2. The molecule has 0 radical (unpaired) electrons. The number of nitrogens with one attached hydrogen (secondary N) is 1. The van der Waals surface area contributed by atoms with Crippen molar-refractivity contribution in [3.05, 3.63) is 47.7 Å². The maximum atomic E-state index is 12.2. The molecule has 0 amide bonds. The van der Waals surface area contributed by atoms with Gasteiger partial charge < -0.3 is 4.42 Å². The van der Waals surface area contributed by atoms with Crippen molar-refractivity contribution in [2.24, 2.45) is 0 Å². The molecular weight excluding hydrogens is 290 g/mol. The first-order valence-electron chi connectivity index (χ1n) is 6.33. The van der Waals surface area contributed by atoms with E-state index in [1.807, 2.05) is 6.07 Å². The molecule has 0 aliphatic heterocycles. The van der Waals surface area contributed by atoms with Crippen molar-refractivity contribution >= 4 is 10.0 Å². The van der Waals surface area contributed by atoms with Crippen molar-refractivity contribution in [2.45, 2.75) is 31.2 Å². The van der Waals surface area contributed by atoms with E-state index in [9.17, 15) is 8.42 Å². The van der Waals surface area contributed by atoms with Crippen LogP contribution in [0.15, 0.2) is 39.8 Å². The van der Waals surface area contributed by atoms with Crippen molar-refractivity contribution in [2.75, 3.05) is 0 Å². The molecule has 7 heteroatoms. The van der Waals surface area contributed by atoms with Gasteiger partial charge in [0.25, 0.3) is 0 Å². The fourth-order valence-electron chi connectivity index (χ4n) is 1.80. The molecule has 0 aliphatic rings. The third kappa shape index (κ3) is 3.68. The third-order valence-corrected chi connectivity index (χ3v) is 4.41. The van der Waals surface area contributed by atoms with E-state index in [2.05, 4.69) is 9.71 Å². The minimum Gasteiger partial charge on any atom is -0.444 e. The average Bonchev–Trinajstić information content (AvgIpc) is 2.86. The molecule has 0 bridgehead atoms. The number of hydrogen-bond donors (Lipinski definition) is 1. The zero-order valence-corrected chi connectivity index (χ0v) is 12.5. The number of oxazole rings is 1. The van der Waals surface area contributed by atoms with E-state index in [4.69, 9.17) is 9.68 Å². The molecule has 0 fully saturated rings. The Morgan fingerprint density at radius 1 is 1.38 bits per heavy atom. The maximum absolute atomic E-state index is 12.2. The summed E-state index contributed by atoms with van der Waals surface area (Å²) in [7, 11) is -3.66. The first-order valence-corrected chi connectivity index (χ1v) is 7.81. The van der Waals surface area contributed by atoms with Crippen molar-refractivity contribution < 1.29 is 12.8 Å². The smallest absolute Gasteiger partial charge is 0.241 e. The lowest BCUT2D eigenvalue weighted by Crippen LogP contribution is -2.27. The van der Waals surface area contributed by atoms with Gasteiger partial charge in [0.15, 0.2) is 0 Å². The number of sulfonamides is 1. The Balaban J connectivity index is 2.16. The van der Waals surface area contributed by atoms with Gasteiger partial charge in [0.2, 0.25) is 15.9 Å². The van der Waals surface area contributed by atoms with Crippen LogP contribution >= 0.6 is 0 Å². The number of nitriles is 1. The molecule has 6 nitrogen and oxygen atoms in total. The second-order valence-corrected chi connectivity index (χ2v) is 6.34. The van der Waals surface area contributed by atoms with Crippen LogP contribution in [0.1, 0.15) is 30.2 Å². The topological polar surface area (TPSA) is 96.0 Å². The van der Waals surface area contributed by atoms with Gasteiger partial charge in [-0.15, -0.1) is 0 Å². The summed E-state index contributed by atoms with van der Waals surface area (Å²) in [5, 5.41) is 8.60. The summed E-state index contributed by atoms with van der Waals surface area (Å²) in [4.78, 5) is 4.14. The highest BCUT2D eigenvalue weighted by atomic mass is 32.2. The van der Waals surface area contributed by atoms with Crippen LogP contribution < -0.4 is 4.72 Å². The summed E-state index contributed by atoms with van der Waals surface area (Å²) in [5.74, 6) is 0.939. The van der Waals surface area contributed by atoms with Crippen LogP contribution in [0.2, 0.25) is 0 Å². The summed E-state index contributed by atoms with van der Waals surface area (Å²) >= 11 is 0. The minimum atomic E-state index is -3.66. The number of aryl methyl sites for hydroxylation is 1. The highest BCUT2D eigenvalue weighted by molar-refractivity contribution is 7.89. The van der Waals surface area contributed by atoms with Gasteiger partial charge in [-0.3, -0.25) is 0 Å². The Labute approximate surface area is 123 Å². The van der Waals surface area contributed by atoms with Gasteiger partial charge in [0.1, 0.15) is 5.76 Å². The molecule has 1 heterocycles. The highest BCUT2D eigenvalue weighted by Gasteiger charge is 2.21. The van der Waals surface area contributed by atoms with E-state index < -0.39 is 16.1 Å². The van der Waals surface area contributed by atoms with Crippen LogP contribution in [0.25, 0.3) is 0 Å².